The molecule has 0 saturated heterocycles. The van der Waals surface area contributed by atoms with E-state index in [0.717, 1.165) is 36.1 Å². The molecule has 0 saturated carbocycles. The average Bonchev–Trinajstić information content (AvgIpc) is 3.31. The monoisotopic (exact) mass is 420 g/mol. The Morgan fingerprint density at radius 2 is 1.77 bits per heavy atom. The molecule has 0 aliphatic carbocycles. The highest BCUT2D eigenvalue weighted by Crippen LogP contribution is 2.38. The molecule has 0 fully saturated rings. The third-order valence-electron chi connectivity index (χ3n) is 5.57. The summed E-state index contributed by atoms with van der Waals surface area (Å²) in [6.45, 7) is 7.80. The third-order valence-corrected chi connectivity index (χ3v) is 5.57. The van der Waals surface area contributed by atoms with Gasteiger partial charge in [-0.15, -0.1) is 15.3 Å². The minimum Gasteiger partial charge on any atom is -0.493 e. The zero-order valence-corrected chi connectivity index (χ0v) is 17.7. The minimum atomic E-state index is -0.473. The van der Waals surface area contributed by atoms with Crippen molar-refractivity contribution in [1.82, 2.24) is 19.6 Å². The fourth-order valence-electron chi connectivity index (χ4n) is 3.77. The van der Waals surface area contributed by atoms with Crippen LogP contribution in [0.4, 0.5) is 5.69 Å². The number of carbonyl (C=O) groups excluding carboxylic acids is 1. The number of hydrogen-bond acceptors (Lipinski definition) is 5. The van der Waals surface area contributed by atoms with Gasteiger partial charge in [0.1, 0.15) is 12.1 Å². The third kappa shape index (κ3) is 4.17. The first-order chi connectivity index (χ1) is 15.1. The number of benzene rings is 2. The maximum Gasteiger partial charge on any atom is 0.286 e. The van der Waals surface area contributed by atoms with Crippen molar-refractivity contribution in [2.75, 3.05) is 19.6 Å². The van der Waals surface area contributed by atoms with E-state index in [1.54, 1.807) is 0 Å². The largest absolute Gasteiger partial charge is 0.493 e. The molecule has 4 rings (SSSR count). The number of azo groups is 1. The van der Waals surface area contributed by atoms with Gasteiger partial charge in [-0.05, 0) is 32.0 Å². The number of nitrogens with zero attached hydrogens (tertiary/aromatic N) is 6. The number of para-hydroxylation sites is 2. The smallest absolute Gasteiger partial charge is 0.286 e. The summed E-state index contributed by atoms with van der Waals surface area (Å²) in [5.41, 5.74) is 2.64. The summed E-state index contributed by atoms with van der Waals surface area (Å²) in [4.78, 5) is 13.9. The first-order valence-corrected chi connectivity index (χ1v) is 10.5. The molecular weight excluding hydrogens is 394 g/mol. The number of nitrogens with one attached hydrogen (secondary N) is 1. The molecule has 0 spiro atoms. The maximum absolute atomic E-state index is 12.4. The number of aromatic nitrogens is 4. The molecule has 0 radical (unpaired) electrons. The second-order valence-electron chi connectivity index (χ2n) is 7.38. The van der Waals surface area contributed by atoms with Crippen LogP contribution in [0.1, 0.15) is 13.8 Å². The molecule has 160 valence electrons. The molecule has 0 atom stereocenters. The minimum absolute atomic E-state index is 0.0236. The van der Waals surface area contributed by atoms with E-state index in [9.17, 15) is 9.90 Å². The Morgan fingerprint density at radius 3 is 2.55 bits per heavy atom. The van der Waals surface area contributed by atoms with Crippen molar-refractivity contribution in [2.24, 2.45) is 10.2 Å². The lowest BCUT2D eigenvalue weighted by Crippen LogP contribution is -3.11. The lowest BCUT2D eigenvalue weighted by atomic mass is 10.2. The van der Waals surface area contributed by atoms with E-state index in [2.05, 4.69) is 34.4 Å². The second kappa shape index (κ2) is 9.05. The highest BCUT2D eigenvalue weighted by Gasteiger charge is 2.18. The molecule has 0 unspecified atom stereocenters. The van der Waals surface area contributed by atoms with Crippen LogP contribution in [0.15, 0.2) is 58.8 Å². The number of amides is 1. The van der Waals surface area contributed by atoms with E-state index >= 15 is 0 Å². The molecule has 2 aromatic carbocycles. The molecule has 31 heavy (non-hydrogen) atoms. The molecule has 9 nitrogen and oxygen atoms in total. The van der Waals surface area contributed by atoms with E-state index in [-0.39, 0.29) is 12.4 Å². The van der Waals surface area contributed by atoms with Gasteiger partial charge in [0, 0.05) is 5.39 Å². The van der Waals surface area contributed by atoms with Gasteiger partial charge >= 0.3 is 0 Å². The zero-order chi connectivity index (χ0) is 21.8. The van der Waals surface area contributed by atoms with Gasteiger partial charge in [-0.2, -0.15) is 0 Å². The average molecular weight is 420 g/mol. The Kier molecular flexibility index (Phi) is 6.03. The Hall–Kier alpha value is -3.59. The molecule has 4 aromatic rings. The molecular formula is C22H26N7O2+. The van der Waals surface area contributed by atoms with E-state index < -0.39 is 5.91 Å². The first kappa shape index (κ1) is 20.7. The number of aromatic hydroxyl groups is 1. The van der Waals surface area contributed by atoms with Gasteiger partial charge in [0.25, 0.3) is 5.91 Å². The highest BCUT2D eigenvalue weighted by molar-refractivity contribution is 5.95. The van der Waals surface area contributed by atoms with Gasteiger partial charge in [-0.1, -0.05) is 35.5 Å². The van der Waals surface area contributed by atoms with Gasteiger partial charge in [0.2, 0.25) is 5.88 Å². The van der Waals surface area contributed by atoms with Crippen LogP contribution in [-0.2, 0) is 17.9 Å². The van der Waals surface area contributed by atoms with Gasteiger partial charge < -0.3 is 14.6 Å². The lowest BCUT2D eigenvalue weighted by Gasteiger charge is -2.16. The molecule has 0 bridgehead atoms. The number of carbonyl (C=O) groups is 1. The summed E-state index contributed by atoms with van der Waals surface area (Å²) in [6, 6.07) is 15.0. The van der Waals surface area contributed by atoms with Gasteiger partial charge in [-0.3, -0.25) is 4.79 Å². The van der Waals surface area contributed by atoms with Crippen molar-refractivity contribution in [2.45, 2.75) is 26.9 Å². The van der Waals surface area contributed by atoms with Crippen molar-refractivity contribution < 1.29 is 14.8 Å². The van der Waals surface area contributed by atoms with E-state index in [1.807, 2.05) is 53.1 Å². The topological polar surface area (TPSA) is 102 Å². The number of quaternary nitrogens is 1. The maximum atomic E-state index is 12.4. The number of rotatable bonds is 8. The van der Waals surface area contributed by atoms with Crippen molar-refractivity contribution >= 4 is 33.5 Å². The Morgan fingerprint density at radius 1 is 1.06 bits per heavy atom. The molecule has 1 amide bonds. The number of fused-ring (bicyclic) bond motifs is 2. The predicted octanol–water partition coefficient (Wildman–Crippen LogP) is 2.33. The molecule has 2 aromatic heterocycles. The Labute approximate surface area is 179 Å². The summed E-state index contributed by atoms with van der Waals surface area (Å²) < 4.78 is 3.33. The SMILES string of the molecule is CC[NH+](CC)CCn1c(O)c(N=NC(=O)Cn2nnc3ccccc32)c2ccccc21. The quantitative estimate of drug-likeness (QED) is 0.427. The van der Waals surface area contributed by atoms with Gasteiger partial charge in [0.15, 0.2) is 5.69 Å². The fourth-order valence-corrected chi connectivity index (χ4v) is 3.77. The van der Waals surface area contributed by atoms with E-state index in [0.29, 0.717) is 17.7 Å². The summed E-state index contributed by atoms with van der Waals surface area (Å²) in [6.07, 6.45) is 0. The Bertz CT molecular complexity index is 1240. The van der Waals surface area contributed by atoms with Crippen molar-refractivity contribution in [3.63, 3.8) is 0 Å². The van der Waals surface area contributed by atoms with Gasteiger partial charge in [-0.25, -0.2) is 4.68 Å². The summed E-state index contributed by atoms with van der Waals surface area (Å²) in [7, 11) is 0. The highest BCUT2D eigenvalue weighted by atomic mass is 16.3. The summed E-state index contributed by atoms with van der Waals surface area (Å²) in [5, 5.41) is 27.6. The van der Waals surface area contributed by atoms with Crippen LogP contribution in [0.2, 0.25) is 0 Å². The van der Waals surface area contributed by atoms with Crippen LogP contribution < -0.4 is 4.90 Å². The Balaban J connectivity index is 1.58. The number of likely N-dealkylation sites (N-methyl/N-ethyl adjacent to an activating group) is 1. The van der Waals surface area contributed by atoms with Crippen LogP contribution in [0, 0.1) is 0 Å². The van der Waals surface area contributed by atoms with Crippen LogP contribution in [0.5, 0.6) is 5.88 Å². The molecule has 9 heteroatoms. The van der Waals surface area contributed by atoms with Crippen molar-refractivity contribution in [1.29, 1.82) is 0 Å². The van der Waals surface area contributed by atoms with Gasteiger partial charge in [0.05, 0.1) is 37.2 Å². The van der Waals surface area contributed by atoms with Crippen LogP contribution in [0.3, 0.4) is 0 Å². The molecule has 0 aliphatic rings. The van der Waals surface area contributed by atoms with Crippen LogP contribution in [0.25, 0.3) is 21.9 Å². The fraction of sp³-hybridized carbons (Fsp3) is 0.318. The molecule has 2 heterocycles. The normalized spacial score (nSPS) is 12.0. The second-order valence-corrected chi connectivity index (χ2v) is 7.38. The van der Waals surface area contributed by atoms with Crippen LogP contribution in [-0.4, -0.2) is 50.2 Å². The first-order valence-electron chi connectivity index (χ1n) is 10.5. The van der Waals surface area contributed by atoms with Crippen molar-refractivity contribution in [3.05, 3.63) is 48.5 Å². The number of hydrogen-bond donors (Lipinski definition) is 2. The summed E-state index contributed by atoms with van der Waals surface area (Å²) >= 11 is 0. The standard InChI is InChI=1S/C22H25N7O2/c1-3-27(4-2)13-14-28-18-11-7-5-9-16(18)21(22(28)31)25-24-20(30)15-29-19-12-8-6-10-17(19)23-26-29/h5-12,31H,3-4,13-15H2,1-2H3/p+1. The summed E-state index contributed by atoms with van der Waals surface area (Å²) in [5.74, 6) is -0.449. The van der Waals surface area contributed by atoms with E-state index in [4.69, 9.17) is 0 Å². The zero-order valence-electron chi connectivity index (χ0n) is 17.7. The van der Waals surface area contributed by atoms with Crippen LogP contribution >= 0.6 is 0 Å². The van der Waals surface area contributed by atoms with E-state index in [1.165, 1.54) is 9.58 Å². The molecule has 2 N–H and O–H groups in total. The predicted molar refractivity (Wildman–Crippen MR) is 118 cm³/mol. The van der Waals surface area contributed by atoms with Crippen molar-refractivity contribution in [3.8, 4) is 5.88 Å². The molecule has 0 aliphatic heterocycles. The lowest BCUT2D eigenvalue weighted by molar-refractivity contribution is -0.897.